The molecular weight excluding hydrogens is 468 g/mol. The fourth-order valence-electron chi connectivity index (χ4n) is 4.71. The van der Waals surface area contributed by atoms with Gasteiger partial charge in [-0.3, -0.25) is 14.6 Å². The van der Waals surface area contributed by atoms with Crippen molar-refractivity contribution in [2.24, 2.45) is 0 Å². The maximum absolute atomic E-state index is 13.7. The van der Waals surface area contributed by atoms with Crippen LogP contribution in [0.3, 0.4) is 0 Å². The highest BCUT2D eigenvalue weighted by atomic mass is 19.3. The molecule has 0 radical (unpaired) electrons. The number of hydrogen-bond acceptors (Lipinski definition) is 7. The van der Waals surface area contributed by atoms with Gasteiger partial charge >= 0.3 is 0 Å². The molecule has 0 spiro atoms. The Morgan fingerprint density at radius 2 is 2.08 bits per heavy atom. The predicted molar refractivity (Wildman–Crippen MR) is 132 cm³/mol. The van der Waals surface area contributed by atoms with Gasteiger partial charge in [0.15, 0.2) is 0 Å². The van der Waals surface area contributed by atoms with Gasteiger partial charge in [0.2, 0.25) is 5.91 Å². The van der Waals surface area contributed by atoms with E-state index in [1.54, 1.807) is 12.1 Å². The number of piperazine rings is 1. The van der Waals surface area contributed by atoms with Crippen molar-refractivity contribution in [1.29, 1.82) is 5.26 Å². The van der Waals surface area contributed by atoms with Gasteiger partial charge in [0.25, 0.3) is 11.8 Å². The van der Waals surface area contributed by atoms with Crippen LogP contribution in [0.25, 0.3) is 10.9 Å². The van der Waals surface area contributed by atoms with Crippen molar-refractivity contribution in [3.05, 3.63) is 36.0 Å². The Hall–Kier alpha value is -3.36. The van der Waals surface area contributed by atoms with Crippen molar-refractivity contribution in [3.63, 3.8) is 0 Å². The fourth-order valence-corrected chi connectivity index (χ4v) is 4.71. The number of amides is 2. The zero-order valence-electron chi connectivity index (χ0n) is 20.3. The van der Waals surface area contributed by atoms with Crippen LogP contribution in [0.5, 0.6) is 0 Å². The van der Waals surface area contributed by atoms with E-state index in [9.17, 15) is 18.4 Å². The molecule has 0 saturated carbocycles. The van der Waals surface area contributed by atoms with E-state index in [-0.39, 0.29) is 0 Å². The van der Waals surface area contributed by atoms with Crippen molar-refractivity contribution in [1.82, 2.24) is 25.4 Å². The number of pyridine rings is 1. The number of carbonyl (C=O) groups excluding carboxylic acids is 2. The summed E-state index contributed by atoms with van der Waals surface area (Å²) in [6.45, 7) is 4.75. The molecule has 1 aromatic heterocycles. The van der Waals surface area contributed by atoms with Crippen molar-refractivity contribution in [2.45, 2.75) is 24.8 Å². The number of halogens is 2. The first-order chi connectivity index (χ1) is 17.3. The lowest BCUT2D eigenvalue weighted by atomic mass is 10.1. The molecule has 2 saturated heterocycles. The highest BCUT2D eigenvalue weighted by molar-refractivity contribution is 6.07. The monoisotopic (exact) mass is 499 g/mol. The van der Waals surface area contributed by atoms with Gasteiger partial charge in [-0.1, -0.05) is 0 Å². The molecule has 3 heterocycles. The molecule has 2 aliphatic rings. The van der Waals surface area contributed by atoms with Crippen molar-refractivity contribution in [3.8, 4) is 6.07 Å². The maximum atomic E-state index is 13.7. The molecule has 2 fully saturated rings. The van der Waals surface area contributed by atoms with E-state index in [4.69, 9.17) is 5.26 Å². The summed E-state index contributed by atoms with van der Waals surface area (Å²) in [6, 6.07) is 7.82. The van der Waals surface area contributed by atoms with Crippen LogP contribution in [0, 0.1) is 11.3 Å². The third-order valence-corrected chi connectivity index (χ3v) is 6.73. The number of alkyl halides is 2. The molecule has 0 aliphatic carbocycles. The Morgan fingerprint density at radius 3 is 2.83 bits per heavy atom. The summed E-state index contributed by atoms with van der Waals surface area (Å²) >= 11 is 0. The average molecular weight is 500 g/mol. The van der Waals surface area contributed by atoms with Gasteiger partial charge < -0.3 is 25.3 Å². The number of carbonyl (C=O) groups is 2. The number of likely N-dealkylation sites (tertiary alicyclic amines) is 1. The number of anilines is 1. The van der Waals surface area contributed by atoms with Crippen LogP contribution in [-0.4, -0.2) is 98.0 Å². The summed E-state index contributed by atoms with van der Waals surface area (Å²) in [7, 11) is 2.01. The number of rotatable bonds is 8. The molecule has 36 heavy (non-hydrogen) atoms. The van der Waals surface area contributed by atoms with E-state index in [2.05, 4.69) is 25.4 Å². The lowest BCUT2D eigenvalue weighted by Gasteiger charge is -2.28. The number of nitriles is 1. The SMILES string of the molecule is CN(CCCN1CCNCC1)c1ccc2nccc(C(=O)NCC(=O)N3CC(F)(F)C[C@H]3C#N)c2c1. The molecule has 2 aliphatic heterocycles. The third-order valence-electron chi connectivity index (χ3n) is 6.73. The van der Waals surface area contributed by atoms with Crippen LogP contribution >= 0.6 is 0 Å². The fraction of sp³-hybridized carbons (Fsp3) is 0.520. The van der Waals surface area contributed by atoms with E-state index >= 15 is 0 Å². The van der Waals surface area contributed by atoms with Gasteiger partial charge in [-0.15, -0.1) is 0 Å². The Labute approximate surface area is 209 Å². The van der Waals surface area contributed by atoms with Crippen molar-refractivity contribution >= 4 is 28.4 Å². The van der Waals surface area contributed by atoms with Crippen LogP contribution in [0.15, 0.2) is 30.5 Å². The van der Waals surface area contributed by atoms with Gasteiger partial charge in [0.05, 0.1) is 30.2 Å². The normalized spacial score (nSPS) is 19.7. The molecule has 1 atom stereocenters. The van der Waals surface area contributed by atoms with E-state index in [0.717, 1.165) is 56.3 Å². The van der Waals surface area contributed by atoms with Gasteiger partial charge in [-0.25, -0.2) is 8.78 Å². The first kappa shape index (κ1) is 25.7. The van der Waals surface area contributed by atoms with Gasteiger partial charge in [0.1, 0.15) is 6.04 Å². The number of nitrogens with zero attached hydrogens (tertiary/aromatic N) is 5. The second kappa shape index (κ2) is 11.1. The number of fused-ring (bicyclic) bond motifs is 1. The van der Waals surface area contributed by atoms with Crippen LogP contribution in [0.4, 0.5) is 14.5 Å². The Kier molecular flexibility index (Phi) is 7.96. The minimum absolute atomic E-state index is 0.340. The van der Waals surface area contributed by atoms with Crippen molar-refractivity contribution < 1.29 is 18.4 Å². The molecule has 2 amide bonds. The standard InChI is InChI=1S/C25H31F2N7O2/c1-32(9-2-10-33-11-7-29-8-12-33)18-3-4-22-21(13-18)20(5-6-30-22)24(36)31-16-23(35)34-17-25(26,27)14-19(34)15-28/h3-6,13,19,29H,2,7-12,14,16-17H2,1H3,(H,31,36)/t19-/m0/s1. The Morgan fingerprint density at radius 1 is 1.31 bits per heavy atom. The first-order valence-corrected chi connectivity index (χ1v) is 12.2. The minimum atomic E-state index is -3.10. The first-order valence-electron chi connectivity index (χ1n) is 12.2. The van der Waals surface area contributed by atoms with Crippen LogP contribution in [0.1, 0.15) is 23.2 Å². The van der Waals surface area contributed by atoms with Gasteiger partial charge in [0, 0.05) is 63.5 Å². The lowest BCUT2D eigenvalue weighted by molar-refractivity contribution is -0.131. The van der Waals surface area contributed by atoms with E-state index < -0.39 is 43.3 Å². The zero-order chi connectivity index (χ0) is 25.7. The van der Waals surface area contributed by atoms with E-state index in [1.165, 1.54) is 6.20 Å². The zero-order valence-corrected chi connectivity index (χ0v) is 20.3. The van der Waals surface area contributed by atoms with Gasteiger partial charge in [-0.05, 0) is 37.2 Å². The molecule has 2 aromatic rings. The minimum Gasteiger partial charge on any atom is -0.375 e. The quantitative estimate of drug-likeness (QED) is 0.567. The summed E-state index contributed by atoms with van der Waals surface area (Å²) in [4.78, 5) is 35.1. The summed E-state index contributed by atoms with van der Waals surface area (Å²) in [5.41, 5.74) is 1.92. The van der Waals surface area contributed by atoms with E-state index in [0.29, 0.717) is 16.5 Å². The average Bonchev–Trinajstić information content (AvgIpc) is 3.21. The Balaban J connectivity index is 1.39. The second-order valence-electron chi connectivity index (χ2n) is 9.34. The summed E-state index contributed by atoms with van der Waals surface area (Å²) in [5.74, 6) is -4.32. The summed E-state index contributed by atoms with van der Waals surface area (Å²) in [5, 5.41) is 15.6. The molecule has 11 heteroatoms. The third kappa shape index (κ3) is 6.06. The molecule has 0 unspecified atom stereocenters. The lowest BCUT2D eigenvalue weighted by Crippen LogP contribution is -2.44. The van der Waals surface area contributed by atoms with Gasteiger partial charge in [-0.2, -0.15) is 5.26 Å². The summed E-state index contributed by atoms with van der Waals surface area (Å²) < 4.78 is 27.3. The molecule has 0 bridgehead atoms. The molecule has 9 nitrogen and oxygen atoms in total. The molecule has 4 rings (SSSR count). The maximum Gasteiger partial charge on any atom is 0.268 e. The van der Waals surface area contributed by atoms with Crippen LogP contribution in [-0.2, 0) is 4.79 Å². The molecule has 192 valence electrons. The number of hydrogen-bond donors (Lipinski definition) is 2. The smallest absolute Gasteiger partial charge is 0.268 e. The highest BCUT2D eigenvalue weighted by Gasteiger charge is 2.47. The molecular formula is C25H31F2N7O2. The van der Waals surface area contributed by atoms with Crippen LogP contribution < -0.4 is 15.5 Å². The topological polar surface area (TPSA) is 105 Å². The number of nitrogens with one attached hydrogen (secondary N) is 2. The second-order valence-corrected chi connectivity index (χ2v) is 9.34. The highest BCUT2D eigenvalue weighted by Crippen LogP contribution is 2.31. The van der Waals surface area contributed by atoms with Crippen molar-refractivity contribution in [2.75, 3.05) is 64.3 Å². The Bertz CT molecular complexity index is 1150. The van der Waals surface area contributed by atoms with Crippen LogP contribution in [0.2, 0.25) is 0 Å². The predicted octanol–water partition coefficient (Wildman–Crippen LogP) is 1.46. The number of aromatic nitrogens is 1. The largest absolute Gasteiger partial charge is 0.375 e. The number of benzene rings is 1. The van der Waals surface area contributed by atoms with E-state index in [1.807, 2.05) is 25.2 Å². The summed E-state index contributed by atoms with van der Waals surface area (Å²) in [6.07, 6.45) is 1.84. The molecule has 2 N–H and O–H groups in total. The molecule has 1 aromatic carbocycles.